The van der Waals surface area contributed by atoms with E-state index in [4.69, 9.17) is 15.2 Å². The van der Waals surface area contributed by atoms with Crippen LogP contribution in [-0.2, 0) is 15.7 Å². The second-order valence-corrected chi connectivity index (χ2v) is 12.4. The highest BCUT2D eigenvalue weighted by molar-refractivity contribution is 7.99. The number of rotatable bonds is 12. The number of nitrogens with zero attached hydrogens (tertiary/aromatic N) is 1. The highest BCUT2D eigenvalue weighted by Crippen LogP contribution is 2.45. The van der Waals surface area contributed by atoms with Gasteiger partial charge in [0.1, 0.15) is 16.6 Å². The fourth-order valence-electron chi connectivity index (χ4n) is 4.43. The molecule has 238 valence electrons. The Labute approximate surface area is 266 Å². The summed E-state index contributed by atoms with van der Waals surface area (Å²) < 4.78 is 63.2. The Morgan fingerprint density at radius 3 is 2.40 bits per heavy atom. The van der Waals surface area contributed by atoms with Gasteiger partial charge in [0.25, 0.3) is 0 Å². The van der Waals surface area contributed by atoms with Gasteiger partial charge in [-0.05, 0) is 80.4 Å². The summed E-state index contributed by atoms with van der Waals surface area (Å²) in [6.45, 7) is 5.41. The molecule has 0 aliphatic heterocycles. The number of allylic oxidation sites excluding steroid dienone is 1. The van der Waals surface area contributed by atoms with Gasteiger partial charge in [-0.25, -0.2) is 14.2 Å². The predicted molar refractivity (Wildman–Crippen MR) is 168 cm³/mol. The van der Waals surface area contributed by atoms with Gasteiger partial charge in [0.05, 0.1) is 34.9 Å². The molecule has 1 aromatic heterocycles. The number of hydrogen-bond acceptors (Lipinski definition) is 8. The first-order valence-electron chi connectivity index (χ1n) is 14.0. The highest BCUT2D eigenvalue weighted by Gasteiger charge is 2.30. The molecule has 2 unspecified atom stereocenters. The van der Waals surface area contributed by atoms with E-state index in [1.165, 1.54) is 53.4 Å². The fourth-order valence-corrected chi connectivity index (χ4v) is 7.02. The lowest BCUT2D eigenvalue weighted by Crippen LogP contribution is -2.14. The minimum absolute atomic E-state index is 0.0133. The van der Waals surface area contributed by atoms with Crippen LogP contribution in [0.2, 0.25) is 0 Å². The zero-order valence-corrected chi connectivity index (χ0v) is 26.4. The molecule has 3 N–H and O–H groups in total. The summed E-state index contributed by atoms with van der Waals surface area (Å²) in [5.41, 5.74) is 8.15. The Morgan fingerprint density at radius 1 is 1.09 bits per heavy atom. The number of hydrogen-bond donors (Lipinski definition) is 2. The van der Waals surface area contributed by atoms with E-state index < -0.39 is 29.6 Å². The molecule has 0 amide bonds. The summed E-state index contributed by atoms with van der Waals surface area (Å²) in [6.07, 6.45) is -2.78. The molecular formula is C33H32F4N2O4S2. The Morgan fingerprint density at radius 2 is 1.78 bits per heavy atom. The van der Waals surface area contributed by atoms with Crippen LogP contribution < -0.4 is 10.5 Å². The third kappa shape index (κ3) is 9.32. The van der Waals surface area contributed by atoms with Crippen LogP contribution in [0.25, 0.3) is 10.6 Å². The Hall–Kier alpha value is -3.87. The van der Waals surface area contributed by atoms with Crippen molar-refractivity contribution in [2.75, 3.05) is 13.2 Å². The van der Waals surface area contributed by atoms with E-state index in [2.05, 4.69) is 4.98 Å². The van der Waals surface area contributed by atoms with Gasteiger partial charge < -0.3 is 20.3 Å². The van der Waals surface area contributed by atoms with Crippen molar-refractivity contribution in [3.8, 4) is 16.3 Å². The predicted octanol–water partition coefficient (Wildman–Crippen LogP) is 8.89. The monoisotopic (exact) mass is 660 g/mol. The molecule has 12 heteroatoms. The van der Waals surface area contributed by atoms with E-state index >= 15 is 0 Å². The van der Waals surface area contributed by atoms with Crippen molar-refractivity contribution < 1.29 is 36.9 Å². The molecule has 6 nitrogen and oxygen atoms in total. The minimum atomic E-state index is -4.44. The first-order chi connectivity index (χ1) is 21.3. The first-order valence-corrected chi connectivity index (χ1v) is 15.6. The number of thiazole rings is 1. The topological polar surface area (TPSA) is 94.7 Å². The maximum absolute atomic E-state index is 13.4. The van der Waals surface area contributed by atoms with Crippen LogP contribution in [0, 0.1) is 19.7 Å². The Bertz CT molecular complexity index is 1640. The molecule has 0 radical (unpaired) electrons. The maximum Gasteiger partial charge on any atom is 0.416 e. The number of ether oxygens (including phenoxy) is 2. The number of halogens is 4. The average Bonchev–Trinajstić information content (AvgIpc) is 3.38. The lowest BCUT2D eigenvalue weighted by Gasteiger charge is -2.18. The van der Waals surface area contributed by atoms with E-state index in [-0.39, 0.29) is 30.6 Å². The summed E-state index contributed by atoms with van der Waals surface area (Å²) in [4.78, 5) is 18.0. The number of aliphatic hydroxyl groups is 1. The quantitative estimate of drug-likeness (QED) is 0.0678. The van der Waals surface area contributed by atoms with Crippen LogP contribution in [0.15, 0.2) is 83.5 Å². The van der Waals surface area contributed by atoms with Crippen LogP contribution in [-0.4, -0.2) is 29.3 Å². The number of thioether (sulfide) groups is 1. The first kappa shape index (κ1) is 34.0. The molecule has 0 fully saturated rings. The van der Waals surface area contributed by atoms with Crippen LogP contribution in [0.3, 0.4) is 0 Å². The Kier molecular flexibility index (Phi) is 11.3. The van der Waals surface area contributed by atoms with Crippen molar-refractivity contribution in [3.05, 3.63) is 112 Å². The lowest BCUT2D eigenvalue weighted by atomic mass is 10.1. The van der Waals surface area contributed by atoms with Gasteiger partial charge in [-0.3, -0.25) is 0 Å². The summed E-state index contributed by atoms with van der Waals surface area (Å²) >= 11 is 2.80. The SMILES string of the molecule is CCOC(=O)COc1ccc(SC(C/C(O)=C/C(N)c2ccc(F)cc2)c2sc(-c3ccc(C(F)(F)F)cc3)nc2C)cc1C. The summed E-state index contributed by atoms with van der Waals surface area (Å²) in [7, 11) is 0. The molecule has 45 heavy (non-hydrogen) atoms. The second kappa shape index (κ2) is 14.9. The van der Waals surface area contributed by atoms with Crippen LogP contribution in [0.4, 0.5) is 17.6 Å². The van der Waals surface area contributed by atoms with Crippen molar-refractivity contribution in [3.63, 3.8) is 0 Å². The third-order valence-corrected chi connectivity index (χ3v) is 9.36. The number of aliphatic hydroxyl groups excluding tert-OH is 1. The molecule has 0 spiro atoms. The third-order valence-electron chi connectivity index (χ3n) is 6.68. The average molecular weight is 661 g/mol. The number of nitrogens with two attached hydrogens (primary N) is 1. The number of carbonyl (C=O) groups is 1. The molecular weight excluding hydrogens is 628 g/mol. The number of esters is 1. The zero-order chi connectivity index (χ0) is 32.7. The van der Waals surface area contributed by atoms with Gasteiger partial charge in [-0.1, -0.05) is 24.3 Å². The number of alkyl halides is 3. The Balaban J connectivity index is 1.62. The summed E-state index contributed by atoms with van der Waals surface area (Å²) in [5, 5.41) is 11.2. The molecule has 3 aromatic carbocycles. The normalized spacial score (nSPS) is 13.4. The van der Waals surface area contributed by atoms with Crippen molar-refractivity contribution in [2.24, 2.45) is 5.73 Å². The number of aryl methyl sites for hydroxylation is 2. The number of carbonyl (C=O) groups excluding carboxylic acids is 1. The van der Waals surface area contributed by atoms with Gasteiger partial charge in [0.2, 0.25) is 0 Å². The largest absolute Gasteiger partial charge is 0.513 e. The second-order valence-electron chi connectivity index (χ2n) is 10.1. The molecule has 1 heterocycles. The molecule has 0 bridgehead atoms. The van der Waals surface area contributed by atoms with E-state index in [1.807, 2.05) is 26.0 Å². The summed E-state index contributed by atoms with van der Waals surface area (Å²) in [5.74, 6) is -0.330. The molecule has 0 saturated heterocycles. The smallest absolute Gasteiger partial charge is 0.416 e. The molecule has 0 aliphatic rings. The fraction of sp³-hybridized carbons (Fsp3) is 0.273. The molecule has 4 aromatic rings. The molecule has 2 atom stereocenters. The molecule has 4 rings (SSSR count). The highest BCUT2D eigenvalue weighted by atomic mass is 32.2. The van der Waals surface area contributed by atoms with E-state index in [9.17, 15) is 27.5 Å². The van der Waals surface area contributed by atoms with Crippen molar-refractivity contribution in [1.82, 2.24) is 4.98 Å². The van der Waals surface area contributed by atoms with Gasteiger partial charge in [-0.2, -0.15) is 13.2 Å². The van der Waals surface area contributed by atoms with Gasteiger partial charge in [0, 0.05) is 21.8 Å². The number of aromatic nitrogens is 1. The van der Waals surface area contributed by atoms with Crippen molar-refractivity contribution in [1.29, 1.82) is 0 Å². The van der Waals surface area contributed by atoms with Crippen molar-refractivity contribution in [2.45, 2.75) is 49.6 Å². The maximum atomic E-state index is 13.4. The van der Waals surface area contributed by atoms with Crippen molar-refractivity contribution >= 4 is 29.1 Å². The standard InChI is InChI=1S/C33H32F4N2O4S2/c1-4-42-30(41)18-43-28-14-13-26(15-19(28)2)44-29(17-25(40)16-27(38)21-7-11-24(34)12-8-21)31-20(3)39-32(45-31)22-5-9-23(10-6-22)33(35,36)37/h5-16,27,29,40H,4,17-18,38H2,1-3H3/b25-16-. The molecule has 0 saturated carbocycles. The minimum Gasteiger partial charge on any atom is -0.513 e. The van der Waals surface area contributed by atoms with E-state index in [1.54, 1.807) is 25.1 Å². The zero-order valence-electron chi connectivity index (χ0n) is 24.7. The summed E-state index contributed by atoms with van der Waals surface area (Å²) in [6, 6.07) is 15.3. The van der Waals surface area contributed by atoms with Gasteiger partial charge in [-0.15, -0.1) is 23.1 Å². The number of benzene rings is 3. The lowest BCUT2D eigenvalue weighted by molar-refractivity contribution is -0.145. The molecule has 0 aliphatic carbocycles. The van der Waals surface area contributed by atoms with Crippen LogP contribution >= 0.6 is 23.1 Å². The van der Waals surface area contributed by atoms with E-state index in [0.717, 1.165) is 27.5 Å². The van der Waals surface area contributed by atoms with Crippen LogP contribution in [0.5, 0.6) is 5.75 Å². The van der Waals surface area contributed by atoms with Gasteiger partial charge in [0.15, 0.2) is 6.61 Å². The van der Waals surface area contributed by atoms with Crippen LogP contribution in [0.1, 0.15) is 51.9 Å². The van der Waals surface area contributed by atoms with Gasteiger partial charge >= 0.3 is 12.1 Å². The van der Waals surface area contributed by atoms with E-state index in [0.29, 0.717) is 27.6 Å².